The Labute approximate surface area is 159 Å². The third-order valence-electron chi connectivity index (χ3n) is 3.99. The highest BCUT2D eigenvalue weighted by atomic mass is 35.5. The van der Waals surface area contributed by atoms with Gasteiger partial charge in [0.05, 0.1) is 11.4 Å². The number of fused-ring (bicyclic) bond motifs is 2. The second-order valence-corrected chi connectivity index (χ2v) is 6.39. The van der Waals surface area contributed by atoms with Crippen LogP contribution in [0.4, 0.5) is 11.4 Å². The highest BCUT2D eigenvalue weighted by Gasteiger charge is 2.31. The van der Waals surface area contributed by atoms with Crippen molar-refractivity contribution in [3.63, 3.8) is 0 Å². The summed E-state index contributed by atoms with van der Waals surface area (Å²) in [5.41, 5.74) is 1.27. The first-order chi connectivity index (χ1) is 12.2. The number of carbonyl (C=O) groups excluding carboxylic acids is 4. The van der Waals surface area contributed by atoms with Gasteiger partial charge in [0, 0.05) is 59.7 Å². The Morgan fingerprint density at radius 3 is 1.38 bits per heavy atom. The van der Waals surface area contributed by atoms with Crippen molar-refractivity contribution in [2.75, 3.05) is 8.84 Å². The van der Waals surface area contributed by atoms with E-state index in [1.54, 1.807) is 0 Å². The van der Waals surface area contributed by atoms with Crippen LogP contribution in [0.15, 0.2) is 36.4 Å². The van der Waals surface area contributed by atoms with E-state index in [4.69, 9.17) is 23.6 Å². The van der Waals surface area contributed by atoms with Crippen LogP contribution in [0, 0.1) is 0 Å². The Morgan fingerprint density at radius 2 is 1.04 bits per heavy atom. The summed E-state index contributed by atoms with van der Waals surface area (Å²) in [5.74, 6) is -1.60. The van der Waals surface area contributed by atoms with Gasteiger partial charge in [-0.1, -0.05) is 0 Å². The van der Waals surface area contributed by atoms with E-state index in [9.17, 15) is 19.2 Å². The van der Waals surface area contributed by atoms with Gasteiger partial charge in [-0.15, -0.1) is 0 Å². The molecule has 1 aliphatic carbocycles. The van der Waals surface area contributed by atoms with Gasteiger partial charge in [-0.25, -0.2) is 8.84 Å². The molecule has 1 aliphatic rings. The summed E-state index contributed by atoms with van der Waals surface area (Å²) in [4.78, 5) is 48.5. The van der Waals surface area contributed by atoms with Crippen LogP contribution in [0.25, 0.3) is 0 Å². The molecule has 0 heterocycles. The number of nitrogens with zero attached hydrogens (tertiary/aromatic N) is 2. The van der Waals surface area contributed by atoms with E-state index in [1.807, 2.05) is 0 Å². The van der Waals surface area contributed by atoms with E-state index < -0.39 is 17.6 Å². The molecule has 2 aromatic rings. The SMILES string of the molecule is CC(=O)N(Cl)c1ccc2c(c1)C(=O)c1cc(N(Cl)C(C)=O)ccc1C2=O. The van der Waals surface area contributed by atoms with Crippen LogP contribution in [-0.4, -0.2) is 23.4 Å². The first-order valence-corrected chi connectivity index (χ1v) is 8.20. The van der Waals surface area contributed by atoms with Crippen molar-refractivity contribution < 1.29 is 19.2 Å². The van der Waals surface area contributed by atoms with Crippen LogP contribution in [0.1, 0.15) is 45.7 Å². The fourth-order valence-corrected chi connectivity index (χ4v) is 2.94. The quantitative estimate of drug-likeness (QED) is 0.627. The predicted molar refractivity (Wildman–Crippen MR) is 97.8 cm³/mol. The monoisotopic (exact) mass is 390 g/mol. The zero-order chi connectivity index (χ0) is 19.2. The number of hydrogen-bond donors (Lipinski definition) is 0. The van der Waals surface area contributed by atoms with Crippen molar-refractivity contribution in [1.82, 2.24) is 0 Å². The maximum Gasteiger partial charge on any atom is 0.238 e. The minimum atomic E-state index is -0.428. The van der Waals surface area contributed by atoms with Crippen molar-refractivity contribution in [3.05, 3.63) is 58.7 Å². The van der Waals surface area contributed by atoms with E-state index in [1.165, 1.54) is 50.2 Å². The molecule has 0 aromatic heterocycles. The number of benzene rings is 2. The average Bonchev–Trinajstić information content (AvgIpc) is 2.63. The number of amides is 2. The minimum absolute atomic E-state index is 0.132. The molecule has 0 spiro atoms. The van der Waals surface area contributed by atoms with Gasteiger partial charge in [0.1, 0.15) is 0 Å². The van der Waals surface area contributed by atoms with Crippen LogP contribution >= 0.6 is 23.6 Å². The maximum absolute atomic E-state index is 12.9. The fourth-order valence-electron chi connectivity index (χ4n) is 2.73. The molecular weight excluding hydrogens is 379 g/mol. The summed E-state index contributed by atoms with van der Waals surface area (Å²) in [5, 5.41) is 0. The molecule has 0 fully saturated rings. The topological polar surface area (TPSA) is 74.8 Å². The molecule has 6 nitrogen and oxygen atoms in total. The lowest BCUT2D eigenvalue weighted by molar-refractivity contribution is -0.116. The molecule has 0 radical (unpaired) electrons. The largest absolute Gasteiger partial charge is 0.289 e. The summed E-state index contributed by atoms with van der Waals surface area (Å²) in [6.07, 6.45) is 0. The molecule has 2 amide bonds. The highest BCUT2D eigenvalue weighted by Crippen LogP contribution is 2.33. The zero-order valence-electron chi connectivity index (χ0n) is 13.7. The van der Waals surface area contributed by atoms with Gasteiger partial charge in [0.2, 0.25) is 11.8 Å². The lowest BCUT2D eigenvalue weighted by atomic mass is 9.83. The predicted octanol–water partition coefficient (Wildman–Crippen LogP) is 3.48. The summed E-state index contributed by atoms with van der Waals surface area (Å²) < 4.78 is 1.72. The lowest BCUT2D eigenvalue weighted by Gasteiger charge is -2.21. The van der Waals surface area contributed by atoms with E-state index in [2.05, 4.69) is 0 Å². The van der Waals surface area contributed by atoms with Crippen molar-refractivity contribution in [2.45, 2.75) is 13.8 Å². The maximum atomic E-state index is 12.9. The van der Waals surface area contributed by atoms with Crippen molar-refractivity contribution in [1.29, 1.82) is 0 Å². The second-order valence-electron chi connectivity index (χ2n) is 5.72. The van der Waals surface area contributed by atoms with Gasteiger partial charge in [0.25, 0.3) is 0 Å². The van der Waals surface area contributed by atoms with Crippen molar-refractivity contribution in [2.24, 2.45) is 0 Å². The molecule has 0 unspecified atom stereocenters. The fraction of sp³-hybridized carbons (Fsp3) is 0.111. The Morgan fingerprint density at radius 1 is 0.692 bits per heavy atom. The molecular formula is C18H12Cl2N2O4. The average molecular weight is 391 g/mol. The Bertz CT molecular complexity index is 912. The third kappa shape index (κ3) is 2.87. The van der Waals surface area contributed by atoms with Gasteiger partial charge in [0.15, 0.2) is 11.6 Å². The van der Waals surface area contributed by atoms with E-state index in [-0.39, 0.29) is 39.4 Å². The first kappa shape index (κ1) is 18.1. The Balaban J connectivity index is 2.13. The van der Waals surface area contributed by atoms with Gasteiger partial charge < -0.3 is 0 Å². The number of anilines is 2. The molecule has 0 atom stereocenters. The van der Waals surface area contributed by atoms with Crippen LogP contribution < -0.4 is 8.84 Å². The van der Waals surface area contributed by atoms with E-state index >= 15 is 0 Å². The highest BCUT2D eigenvalue weighted by molar-refractivity contribution is 6.37. The zero-order valence-corrected chi connectivity index (χ0v) is 15.3. The number of carbonyl (C=O) groups is 4. The Kier molecular flexibility index (Phi) is 4.56. The smallest absolute Gasteiger partial charge is 0.238 e. The van der Waals surface area contributed by atoms with Gasteiger partial charge in [-0.3, -0.25) is 19.2 Å². The molecule has 0 bridgehead atoms. The molecule has 0 aliphatic heterocycles. The summed E-state index contributed by atoms with van der Waals surface area (Å²) in [6.45, 7) is 2.55. The van der Waals surface area contributed by atoms with Gasteiger partial charge in [-0.05, 0) is 36.4 Å². The molecule has 2 aromatic carbocycles. The van der Waals surface area contributed by atoms with Crippen molar-refractivity contribution >= 4 is 58.3 Å². The summed E-state index contributed by atoms with van der Waals surface area (Å²) in [6, 6.07) is 8.70. The molecule has 0 N–H and O–H groups in total. The second kappa shape index (κ2) is 6.55. The van der Waals surface area contributed by atoms with E-state index in [0.717, 1.165) is 8.84 Å². The van der Waals surface area contributed by atoms with Crippen LogP contribution in [-0.2, 0) is 9.59 Å². The standard InChI is InChI=1S/C18H12Cl2N2O4/c1-9(23)21(19)11-3-5-13-15(7-11)18(26)16-8-12(22(20)10(2)24)4-6-14(16)17(13)25/h3-8H,1-2H3. The number of halogens is 2. The van der Waals surface area contributed by atoms with Gasteiger partial charge >= 0.3 is 0 Å². The third-order valence-corrected chi connectivity index (χ3v) is 4.86. The van der Waals surface area contributed by atoms with Gasteiger partial charge in [-0.2, -0.15) is 0 Å². The lowest BCUT2D eigenvalue weighted by Crippen LogP contribution is -2.24. The normalized spacial score (nSPS) is 12.3. The number of rotatable bonds is 2. The van der Waals surface area contributed by atoms with Crippen LogP contribution in [0.2, 0.25) is 0 Å². The molecule has 3 rings (SSSR count). The van der Waals surface area contributed by atoms with Crippen molar-refractivity contribution in [3.8, 4) is 0 Å². The molecule has 26 heavy (non-hydrogen) atoms. The molecule has 8 heteroatoms. The first-order valence-electron chi connectivity index (χ1n) is 7.53. The minimum Gasteiger partial charge on any atom is -0.289 e. The Hall–Kier alpha value is -2.70. The molecule has 0 saturated heterocycles. The van der Waals surface area contributed by atoms with Crippen LogP contribution in [0.3, 0.4) is 0 Å². The number of ketones is 2. The summed E-state index contributed by atoms with van der Waals surface area (Å²) in [7, 11) is 0. The van der Waals surface area contributed by atoms with E-state index in [0.29, 0.717) is 0 Å². The molecule has 132 valence electrons. The van der Waals surface area contributed by atoms with Crippen LogP contribution in [0.5, 0.6) is 0 Å². The summed E-state index contributed by atoms with van der Waals surface area (Å²) >= 11 is 11.8. The molecule has 0 saturated carbocycles. The number of hydrogen-bond acceptors (Lipinski definition) is 4.